The average Bonchev–Trinajstić information content (AvgIpc) is 3.34. The first kappa shape index (κ1) is 17.0. The third-order valence-electron chi connectivity index (χ3n) is 6.50. The maximum atomic E-state index is 13.0. The van der Waals surface area contributed by atoms with E-state index in [9.17, 15) is 4.79 Å². The van der Waals surface area contributed by atoms with E-state index < -0.39 is 0 Å². The molecule has 3 aliphatic heterocycles. The van der Waals surface area contributed by atoms with Gasteiger partial charge in [-0.2, -0.15) is 0 Å². The quantitative estimate of drug-likeness (QED) is 0.890. The fraction of sp³-hybridized carbons (Fsp3) is 0.435. The zero-order valence-electron chi connectivity index (χ0n) is 15.6. The number of fused-ring (bicyclic) bond motifs is 2. The fourth-order valence-corrected chi connectivity index (χ4v) is 4.91. The first-order valence-corrected chi connectivity index (χ1v) is 10.1. The minimum absolute atomic E-state index is 0.122. The molecule has 3 heterocycles. The van der Waals surface area contributed by atoms with Crippen molar-refractivity contribution in [2.45, 2.75) is 37.4 Å². The maximum Gasteiger partial charge on any atom is 0.253 e. The summed E-state index contributed by atoms with van der Waals surface area (Å²) in [5, 5.41) is 3.41. The van der Waals surface area contributed by atoms with Gasteiger partial charge in [0.05, 0.1) is 13.2 Å². The molecule has 0 radical (unpaired) electrons. The smallest absolute Gasteiger partial charge is 0.253 e. The molecule has 5 rings (SSSR count). The Balaban J connectivity index is 1.31. The number of hydrogen-bond acceptors (Lipinski definition) is 3. The number of piperidine rings is 1. The van der Waals surface area contributed by atoms with Gasteiger partial charge in [-0.1, -0.05) is 36.4 Å². The van der Waals surface area contributed by atoms with Crippen LogP contribution >= 0.6 is 0 Å². The van der Waals surface area contributed by atoms with Crippen LogP contribution in [0.1, 0.15) is 52.2 Å². The van der Waals surface area contributed by atoms with Crippen molar-refractivity contribution in [3.05, 3.63) is 70.8 Å². The minimum Gasteiger partial charge on any atom is -0.364 e. The van der Waals surface area contributed by atoms with Gasteiger partial charge in [0, 0.05) is 12.1 Å². The maximum absolute atomic E-state index is 13.0. The highest BCUT2D eigenvalue weighted by Gasteiger charge is 2.46. The second-order valence-corrected chi connectivity index (χ2v) is 8.06. The summed E-state index contributed by atoms with van der Waals surface area (Å²) in [6.07, 6.45) is 3.24. The van der Waals surface area contributed by atoms with E-state index in [1.807, 2.05) is 17.0 Å². The topological polar surface area (TPSA) is 41.6 Å². The molecular formula is C23H26N2O2. The molecule has 4 heteroatoms. The number of benzene rings is 2. The van der Waals surface area contributed by atoms with Gasteiger partial charge in [0.15, 0.2) is 0 Å². The summed E-state index contributed by atoms with van der Waals surface area (Å²) in [6.45, 7) is 4.23. The van der Waals surface area contributed by atoms with Gasteiger partial charge in [-0.15, -0.1) is 0 Å². The highest BCUT2D eigenvalue weighted by atomic mass is 16.5. The number of amides is 1. The van der Waals surface area contributed by atoms with Crippen LogP contribution in [-0.4, -0.2) is 37.0 Å². The largest absolute Gasteiger partial charge is 0.364 e. The van der Waals surface area contributed by atoms with Crippen LogP contribution < -0.4 is 5.32 Å². The van der Waals surface area contributed by atoms with Crippen LogP contribution in [0.3, 0.4) is 0 Å². The predicted molar refractivity (Wildman–Crippen MR) is 105 cm³/mol. The van der Waals surface area contributed by atoms with Gasteiger partial charge in [0.25, 0.3) is 5.91 Å². The first-order valence-electron chi connectivity index (χ1n) is 10.1. The summed E-state index contributed by atoms with van der Waals surface area (Å²) in [4.78, 5) is 15.0. The van der Waals surface area contributed by atoms with Gasteiger partial charge in [-0.25, -0.2) is 0 Å². The van der Waals surface area contributed by atoms with Crippen LogP contribution in [0, 0.1) is 0 Å². The van der Waals surface area contributed by atoms with Crippen molar-refractivity contribution in [3.63, 3.8) is 0 Å². The number of carbonyl (C=O) groups excluding carboxylic acids is 1. The van der Waals surface area contributed by atoms with Crippen molar-refractivity contribution < 1.29 is 9.53 Å². The van der Waals surface area contributed by atoms with E-state index in [-0.39, 0.29) is 11.5 Å². The lowest BCUT2D eigenvalue weighted by atomic mass is 9.90. The van der Waals surface area contributed by atoms with E-state index in [1.54, 1.807) is 0 Å². The summed E-state index contributed by atoms with van der Waals surface area (Å²) >= 11 is 0. The van der Waals surface area contributed by atoms with E-state index >= 15 is 0 Å². The van der Waals surface area contributed by atoms with Crippen molar-refractivity contribution >= 4 is 5.91 Å². The number of carbonyl (C=O) groups is 1. The summed E-state index contributed by atoms with van der Waals surface area (Å²) in [6, 6.07) is 16.7. The number of ether oxygens (including phenoxy) is 1. The van der Waals surface area contributed by atoms with Crippen LogP contribution in [0.5, 0.6) is 0 Å². The van der Waals surface area contributed by atoms with Crippen LogP contribution in [0.2, 0.25) is 0 Å². The molecule has 0 saturated carbocycles. The molecule has 0 unspecified atom stereocenters. The van der Waals surface area contributed by atoms with Gasteiger partial charge < -0.3 is 15.0 Å². The van der Waals surface area contributed by atoms with Crippen LogP contribution in [-0.2, 0) is 16.9 Å². The lowest BCUT2D eigenvalue weighted by Gasteiger charge is -2.25. The molecule has 1 atom stereocenters. The summed E-state index contributed by atoms with van der Waals surface area (Å²) in [5.41, 5.74) is 4.37. The average molecular weight is 362 g/mol. The van der Waals surface area contributed by atoms with Gasteiger partial charge in [-0.3, -0.25) is 4.79 Å². The Morgan fingerprint density at radius 2 is 1.85 bits per heavy atom. The normalized spacial score (nSPS) is 25.1. The number of nitrogens with one attached hydrogen (secondary N) is 1. The van der Waals surface area contributed by atoms with Gasteiger partial charge in [0.2, 0.25) is 0 Å². The summed E-state index contributed by atoms with van der Waals surface area (Å²) < 4.78 is 6.19. The zero-order valence-corrected chi connectivity index (χ0v) is 15.6. The molecule has 2 aromatic rings. The van der Waals surface area contributed by atoms with Gasteiger partial charge in [-0.05, 0) is 67.1 Å². The fourth-order valence-electron chi connectivity index (χ4n) is 4.91. The molecule has 140 valence electrons. The molecule has 4 nitrogen and oxygen atoms in total. The number of rotatable bonds is 2. The molecule has 1 amide bonds. The molecular weight excluding hydrogens is 336 g/mol. The molecule has 1 N–H and O–H groups in total. The molecule has 27 heavy (non-hydrogen) atoms. The van der Waals surface area contributed by atoms with Crippen LogP contribution in [0.4, 0.5) is 0 Å². The summed E-state index contributed by atoms with van der Waals surface area (Å²) in [7, 11) is 0. The predicted octanol–water partition coefficient (Wildman–Crippen LogP) is 3.43. The third kappa shape index (κ3) is 2.97. The molecule has 2 saturated heterocycles. The van der Waals surface area contributed by atoms with Crippen LogP contribution in [0.15, 0.2) is 48.5 Å². The monoisotopic (exact) mass is 362 g/mol. The Bertz CT molecular complexity index is 842. The Morgan fingerprint density at radius 1 is 1.07 bits per heavy atom. The summed E-state index contributed by atoms with van der Waals surface area (Å²) in [5.74, 6) is 0.741. The van der Waals surface area contributed by atoms with Gasteiger partial charge >= 0.3 is 0 Å². The third-order valence-corrected chi connectivity index (χ3v) is 6.50. The van der Waals surface area contributed by atoms with Crippen molar-refractivity contribution in [3.8, 4) is 0 Å². The minimum atomic E-state index is -0.304. The highest BCUT2D eigenvalue weighted by molar-refractivity contribution is 5.94. The zero-order chi connectivity index (χ0) is 18.3. The van der Waals surface area contributed by atoms with Gasteiger partial charge in [0.1, 0.15) is 5.60 Å². The molecule has 2 aromatic carbocycles. The molecule has 0 aromatic heterocycles. The first-order chi connectivity index (χ1) is 13.3. The van der Waals surface area contributed by atoms with E-state index in [0.29, 0.717) is 19.1 Å². The number of likely N-dealkylation sites (tertiary alicyclic amines) is 1. The lowest BCUT2D eigenvalue weighted by Crippen LogP contribution is -2.34. The Labute approximate surface area is 160 Å². The molecule has 2 fully saturated rings. The molecule has 1 spiro atoms. The van der Waals surface area contributed by atoms with Crippen molar-refractivity contribution in [2.24, 2.45) is 0 Å². The highest BCUT2D eigenvalue weighted by Crippen LogP contribution is 2.43. The molecule has 0 bridgehead atoms. The van der Waals surface area contributed by atoms with Crippen LogP contribution in [0.25, 0.3) is 0 Å². The molecule has 0 aliphatic carbocycles. The Hall–Kier alpha value is -2.17. The number of hydrogen-bond donors (Lipinski definition) is 1. The van der Waals surface area contributed by atoms with Crippen molar-refractivity contribution in [1.29, 1.82) is 0 Å². The second kappa shape index (κ2) is 6.77. The second-order valence-electron chi connectivity index (χ2n) is 8.06. The van der Waals surface area contributed by atoms with E-state index in [0.717, 1.165) is 31.6 Å². The Morgan fingerprint density at radius 3 is 2.67 bits per heavy atom. The lowest BCUT2D eigenvalue weighted by molar-refractivity contribution is -0.0282. The SMILES string of the molecule is O=C(c1ccc(C2CCNCC2)cc1)N1CC[C@@]2(C1)OCc1ccccc12. The van der Waals surface area contributed by atoms with Crippen molar-refractivity contribution in [1.82, 2.24) is 10.2 Å². The Kier molecular flexibility index (Phi) is 4.25. The van der Waals surface area contributed by atoms with E-state index in [4.69, 9.17) is 4.74 Å². The number of nitrogens with zero attached hydrogens (tertiary/aromatic N) is 1. The standard InChI is InChI=1S/C23H26N2O2/c26-22(19-7-5-17(6-8-19)18-9-12-24-13-10-18)25-14-11-23(16-25)21-4-2-1-3-20(21)15-27-23/h1-8,18,24H,9-16H2/t23-/m0/s1. The van der Waals surface area contributed by atoms with E-state index in [1.165, 1.54) is 29.5 Å². The van der Waals surface area contributed by atoms with E-state index in [2.05, 4.69) is 41.7 Å². The van der Waals surface area contributed by atoms with Crippen molar-refractivity contribution in [2.75, 3.05) is 26.2 Å². The molecule has 3 aliphatic rings.